The van der Waals surface area contributed by atoms with Crippen LogP contribution in [-0.2, 0) is 0 Å². The maximum atomic E-state index is 13.6. The normalized spacial score (nSPS) is 11.1. The standard InChI is InChI=1S/C11H5F3N4/c12-5-1-7-9(17-18-11(7)16-4-5)10-8(14)2-6(13)3-15-10/h1-4H,(H,16,17,18). The van der Waals surface area contributed by atoms with Crippen molar-refractivity contribution in [3.05, 3.63) is 42.0 Å². The van der Waals surface area contributed by atoms with Gasteiger partial charge in [-0.1, -0.05) is 0 Å². The molecule has 0 bridgehead atoms. The number of rotatable bonds is 1. The van der Waals surface area contributed by atoms with Crippen LogP contribution in [0.5, 0.6) is 0 Å². The Kier molecular flexibility index (Phi) is 2.26. The summed E-state index contributed by atoms with van der Waals surface area (Å²) in [5.41, 5.74) is 0.262. The van der Waals surface area contributed by atoms with Gasteiger partial charge in [0.2, 0.25) is 0 Å². The van der Waals surface area contributed by atoms with E-state index in [1.54, 1.807) is 0 Å². The van der Waals surface area contributed by atoms with Crippen LogP contribution in [0.2, 0.25) is 0 Å². The van der Waals surface area contributed by atoms with Crippen LogP contribution in [-0.4, -0.2) is 20.2 Å². The number of fused-ring (bicyclic) bond motifs is 1. The third-order valence-corrected chi connectivity index (χ3v) is 2.42. The van der Waals surface area contributed by atoms with Crippen LogP contribution < -0.4 is 0 Å². The van der Waals surface area contributed by atoms with E-state index in [9.17, 15) is 13.2 Å². The summed E-state index contributed by atoms with van der Waals surface area (Å²) in [4.78, 5) is 7.36. The number of aromatic nitrogens is 4. The number of pyridine rings is 2. The second-order valence-electron chi connectivity index (χ2n) is 3.61. The molecule has 1 N–H and O–H groups in total. The van der Waals surface area contributed by atoms with Gasteiger partial charge in [0, 0.05) is 6.07 Å². The van der Waals surface area contributed by atoms with Gasteiger partial charge in [-0.15, -0.1) is 0 Å². The van der Waals surface area contributed by atoms with E-state index in [4.69, 9.17) is 0 Å². The SMILES string of the molecule is Fc1cnc(-c2[nH]nc3ncc(F)cc23)c(F)c1. The van der Waals surface area contributed by atoms with Crippen LogP contribution in [0.4, 0.5) is 13.2 Å². The highest BCUT2D eigenvalue weighted by Crippen LogP contribution is 2.26. The average Bonchev–Trinajstić information content (AvgIpc) is 2.72. The number of aromatic amines is 1. The number of hydrogen-bond acceptors (Lipinski definition) is 3. The van der Waals surface area contributed by atoms with Crippen LogP contribution in [0.25, 0.3) is 22.4 Å². The Morgan fingerprint density at radius 2 is 1.67 bits per heavy atom. The zero-order valence-electron chi connectivity index (χ0n) is 8.78. The fourth-order valence-electron chi connectivity index (χ4n) is 1.65. The molecule has 0 fully saturated rings. The topological polar surface area (TPSA) is 54.5 Å². The van der Waals surface area contributed by atoms with E-state index in [1.807, 2.05) is 0 Å². The van der Waals surface area contributed by atoms with Gasteiger partial charge >= 0.3 is 0 Å². The first kappa shape index (κ1) is 10.7. The lowest BCUT2D eigenvalue weighted by Gasteiger charge is -1.99. The van der Waals surface area contributed by atoms with Crippen molar-refractivity contribution in [3.8, 4) is 11.4 Å². The van der Waals surface area contributed by atoms with E-state index < -0.39 is 17.5 Å². The molecule has 18 heavy (non-hydrogen) atoms. The van der Waals surface area contributed by atoms with Crippen molar-refractivity contribution in [2.45, 2.75) is 0 Å². The van der Waals surface area contributed by atoms with E-state index in [-0.39, 0.29) is 22.4 Å². The maximum Gasteiger partial charge on any atom is 0.181 e. The summed E-state index contributed by atoms with van der Waals surface area (Å²) < 4.78 is 39.4. The fraction of sp³-hybridized carbons (Fsp3) is 0. The minimum Gasteiger partial charge on any atom is -0.273 e. The van der Waals surface area contributed by atoms with Crippen LogP contribution >= 0.6 is 0 Å². The van der Waals surface area contributed by atoms with Crippen LogP contribution in [0, 0.1) is 17.5 Å². The number of nitrogens with one attached hydrogen (secondary N) is 1. The quantitative estimate of drug-likeness (QED) is 0.721. The zero-order valence-corrected chi connectivity index (χ0v) is 8.78. The summed E-state index contributed by atoms with van der Waals surface area (Å²) in [6, 6.07) is 1.85. The molecule has 0 aliphatic carbocycles. The second-order valence-corrected chi connectivity index (χ2v) is 3.61. The minimum absolute atomic E-state index is 0.133. The van der Waals surface area contributed by atoms with Gasteiger partial charge in [-0.2, -0.15) is 5.10 Å². The number of H-pyrrole nitrogens is 1. The summed E-state index contributed by atoms with van der Waals surface area (Å²) in [7, 11) is 0. The van der Waals surface area contributed by atoms with Crippen molar-refractivity contribution >= 4 is 11.0 Å². The number of nitrogens with zero attached hydrogens (tertiary/aromatic N) is 3. The zero-order chi connectivity index (χ0) is 12.7. The van der Waals surface area contributed by atoms with Crippen molar-refractivity contribution in [1.82, 2.24) is 20.2 Å². The molecule has 3 rings (SSSR count). The smallest absolute Gasteiger partial charge is 0.181 e. The van der Waals surface area contributed by atoms with Gasteiger partial charge < -0.3 is 0 Å². The second kappa shape index (κ2) is 3.80. The molecule has 3 aromatic rings. The van der Waals surface area contributed by atoms with Crippen molar-refractivity contribution in [3.63, 3.8) is 0 Å². The molecule has 0 radical (unpaired) electrons. The van der Waals surface area contributed by atoms with Crippen molar-refractivity contribution in [2.75, 3.05) is 0 Å². The summed E-state index contributed by atoms with van der Waals surface area (Å²) in [6.45, 7) is 0. The Bertz CT molecular complexity index is 738. The largest absolute Gasteiger partial charge is 0.273 e. The van der Waals surface area contributed by atoms with Gasteiger partial charge in [-0.3, -0.25) is 5.10 Å². The molecule has 0 saturated carbocycles. The molecule has 3 heterocycles. The van der Waals surface area contributed by atoms with Gasteiger partial charge in [0.25, 0.3) is 0 Å². The maximum absolute atomic E-state index is 13.6. The summed E-state index contributed by atoms with van der Waals surface area (Å²) in [6.07, 6.45) is 1.87. The average molecular weight is 250 g/mol. The molecule has 90 valence electrons. The van der Waals surface area contributed by atoms with Gasteiger partial charge in [0.15, 0.2) is 11.5 Å². The van der Waals surface area contributed by atoms with E-state index in [0.29, 0.717) is 6.07 Å². The molecule has 3 aromatic heterocycles. The summed E-state index contributed by atoms with van der Waals surface area (Å²) >= 11 is 0. The Hall–Kier alpha value is -2.44. The Morgan fingerprint density at radius 3 is 2.44 bits per heavy atom. The molecule has 0 atom stereocenters. The van der Waals surface area contributed by atoms with E-state index >= 15 is 0 Å². The predicted molar refractivity (Wildman–Crippen MR) is 57.0 cm³/mol. The lowest BCUT2D eigenvalue weighted by Crippen LogP contribution is -1.92. The molecular weight excluding hydrogens is 245 g/mol. The van der Waals surface area contributed by atoms with Gasteiger partial charge in [-0.05, 0) is 6.07 Å². The monoisotopic (exact) mass is 250 g/mol. The molecular formula is C11H5F3N4. The Labute approximate surface area is 98.5 Å². The fourth-order valence-corrected chi connectivity index (χ4v) is 1.65. The van der Waals surface area contributed by atoms with E-state index in [1.165, 1.54) is 0 Å². The molecule has 0 saturated heterocycles. The third kappa shape index (κ3) is 1.60. The minimum atomic E-state index is -0.857. The van der Waals surface area contributed by atoms with Crippen molar-refractivity contribution in [1.29, 1.82) is 0 Å². The first-order valence-electron chi connectivity index (χ1n) is 4.96. The molecule has 4 nitrogen and oxygen atoms in total. The lowest BCUT2D eigenvalue weighted by molar-refractivity contribution is 0.575. The highest BCUT2D eigenvalue weighted by Gasteiger charge is 2.15. The Morgan fingerprint density at radius 1 is 0.944 bits per heavy atom. The van der Waals surface area contributed by atoms with Crippen LogP contribution in [0.3, 0.4) is 0 Å². The summed E-state index contributed by atoms with van der Waals surface area (Å²) in [5, 5.41) is 6.60. The van der Waals surface area contributed by atoms with E-state index in [2.05, 4.69) is 20.2 Å². The van der Waals surface area contributed by atoms with E-state index in [0.717, 1.165) is 18.5 Å². The first-order chi connectivity index (χ1) is 8.65. The van der Waals surface area contributed by atoms with Gasteiger partial charge in [0.1, 0.15) is 17.3 Å². The molecule has 0 unspecified atom stereocenters. The number of hydrogen-bond donors (Lipinski definition) is 1. The summed E-state index contributed by atoms with van der Waals surface area (Å²) in [5.74, 6) is -2.22. The van der Waals surface area contributed by atoms with Gasteiger partial charge in [0.05, 0.1) is 23.5 Å². The Balaban J connectivity index is 2.28. The molecule has 0 aromatic carbocycles. The van der Waals surface area contributed by atoms with Crippen LogP contribution in [0.1, 0.15) is 0 Å². The predicted octanol–water partition coefficient (Wildman–Crippen LogP) is 2.44. The lowest BCUT2D eigenvalue weighted by atomic mass is 10.2. The molecule has 7 heteroatoms. The first-order valence-corrected chi connectivity index (χ1v) is 4.96. The molecule has 0 aliphatic rings. The molecule has 0 spiro atoms. The van der Waals surface area contributed by atoms with Crippen LogP contribution in [0.15, 0.2) is 24.5 Å². The highest BCUT2D eigenvalue weighted by molar-refractivity contribution is 5.89. The number of halogens is 3. The third-order valence-electron chi connectivity index (χ3n) is 2.42. The van der Waals surface area contributed by atoms with Crippen molar-refractivity contribution in [2.24, 2.45) is 0 Å². The van der Waals surface area contributed by atoms with Gasteiger partial charge in [-0.25, -0.2) is 23.1 Å². The van der Waals surface area contributed by atoms with Crippen molar-refractivity contribution < 1.29 is 13.2 Å². The molecule has 0 amide bonds. The highest BCUT2D eigenvalue weighted by atomic mass is 19.1. The molecule has 0 aliphatic heterocycles.